The first-order chi connectivity index (χ1) is 12.5. The number of hydrogen-bond acceptors (Lipinski definition) is 4. The maximum atomic E-state index is 13.0. The van der Waals surface area contributed by atoms with Crippen molar-refractivity contribution in [2.45, 2.75) is 49.2 Å². The molecular formula is C19H26N2O4S. The Morgan fingerprint density at radius 2 is 2.12 bits per heavy atom. The highest BCUT2D eigenvalue weighted by molar-refractivity contribution is 7.89. The topological polar surface area (TPSA) is 75.7 Å². The molecule has 3 saturated heterocycles. The molecule has 2 bridgehead atoms. The van der Waals surface area contributed by atoms with E-state index in [0.29, 0.717) is 31.0 Å². The van der Waals surface area contributed by atoms with E-state index >= 15 is 0 Å². The first-order valence-corrected chi connectivity index (χ1v) is 10.9. The zero-order valence-electron chi connectivity index (χ0n) is 15.1. The highest BCUT2D eigenvalue weighted by Crippen LogP contribution is 2.55. The number of rotatable bonds is 6. The highest BCUT2D eigenvalue weighted by Gasteiger charge is 2.64. The molecule has 6 nitrogen and oxygen atoms in total. The number of carbonyl (C=O) groups excluding carboxylic acids is 1. The van der Waals surface area contributed by atoms with E-state index in [1.807, 2.05) is 13.0 Å². The standard InChI is InChI=1S/C19H26N2O4S/c1-2-6-18(22)20-11-15-16-12-21(13-19(16)10-9-17(15)25-19)26(23,24)14-7-4-3-5-8-14/h3-5,7-8,15-17H,2,6,9-13H2,1H3,(H,20,22)/t15-,16+,17+,19+/m0/s1. The Bertz CT molecular complexity index is 782. The maximum absolute atomic E-state index is 13.0. The van der Waals surface area contributed by atoms with Crippen LogP contribution in [0.2, 0.25) is 0 Å². The Morgan fingerprint density at radius 3 is 2.85 bits per heavy atom. The second-order valence-electron chi connectivity index (χ2n) is 7.69. The monoisotopic (exact) mass is 378 g/mol. The van der Waals surface area contributed by atoms with Gasteiger partial charge in [0.05, 0.1) is 16.6 Å². The zero-order valence-corrected chi connectivity index (χ0v) is 15.9. The Morgan fingerprint density at radius 1 is 1.35 bits per heavy atom. The Hall–Kier alpha value is -1.44. The molecule has 0 unspecified atom stereocenters. The van der Waals surface area contributed by atoms with E-state index in [1.54, 1.807) is 28.6 Å². The lowest BCUT2D eigenvalue weighted by Gasteiger charge is -2.29. The quantitative estimate of drug-likeness (QED) is 0.819. The normalized spacial score (nSPS) is 33.3. The molecule has 0 saturated carbocycles. The smallest absolute Gasteiger partial charge is 0.243 e. The van der Waals surface area contributed by atoms with Crippen molar-refractivity contribution < 1.29 is 17.9 Å². The molecule has 4 rings (SSSR count). The summed E-state index contributed by atoms with van der Waals surface area (Å²) in [5, 5.41) is 3.02. The molecule has 1 aromatic rings. The molecule has 1 amide bonds. The lowest BCUT2D eigenvalue weighted by Crippen LogP contribution is -2.41. The van der Waals surface area contributed by atoms with E-state index in [1.165, 1.54) is 0 Å². The second kappa shape index (κ2) is 6.62. The summed E-state index contributed by atoms with van der Waals surface area (Å²) in [6.45, 7) is 3.46. The number of fused-ring (bicyclic) bond motifs is 1. The molecule has 3 heterocycles. The largest absolute Gasteiger partial charge is 0.370 e. The summed E-state index contributed by atoms with van der Waals surface area (Å²) in [5.74, 6) is 0.415. The van der Waals surface area contributed by atoms with Crippen LogP contribution >= 0.6 is 0 Å². The molecule has 1 aromatic carbocycles. The predicted molar refractivity (Wildman–Crippen MR) is 96.9 cm³/mol. The fourth-order valence-corrected chi connectivity index (χ4v) is 6.44. The van der Waals surface area contributed by atoms with Crippen LogP contribution in [0.3, 0.4) is 0 Å². The summed E-state index contributed by atoms with van der Waals surface area (Å²) >= 11 is 0. The molecule has 1 N–H and O–H groups in total. The van der Waals surface area contributed by atoms with Crippen LogP contribution in [-0.2, 0) is 19.6 Å². The van der Waals surface area contributed by atoms with Crippen molar-refractivity contribution in [1.29, 1.82) is 0 Å². The molecule has 26 heavy (non-hydrogen) atoms. The van der Waals surface area contributed by atoms with Gasteiger partial charge in [0, 0.05) is 37.9 Å². The van der Waals surface area contributed by atoms with Crippen LogP contribution in [0.1, 0.15) is 32.6 Å². The summed E-state index contributed by atoms with van der Waals surface area (Å²) < 4.78 is 33.9. The number of nitrogens with one attached hydrogen (secondary N) is 1. The van der Waals surface area contributed by atoms with E-state index in [2.05, 4.69) is 5.32 Å². The summed E-state index contributed by atoms with van der Waals surface area (Å²) in [4.78, 5) is 12.2. The lowest BCUT2D eigenvalue weighted by molar-refractivity contribution is -0.121. The van der Waals surface area contributed by atoms with Crippen molar-refractivity contribution >= 4 is 15.9 Å². The number of amides is 1. The van der Waals surface area contributed by atoms with E-state index in [0.717, 1.165) is 19.3 Å². The molecule has 7 heteroatoms. The van der Waals surface area contributed by atoms with Gasteiger partial charge in [-0.15, -0.1) is 0 Å². The van der Waals surface area contributed by atoms with Crippen LogP contribution in [0.25, 0.3) is 0 Å². The van der Waals surface area contributed by atoms with Gasteiger partial charge < -0.3 is 10.1 Å². The molecule has 142 valence electrons. The summed E-state index contributed by atoms with van der Waals surface area (Å²) in [7, 11) is -3.51. The van der Waals surface area contributed by atoms with Gasteiger partial charge in [-0.05, 0) is 31.4 Å². The SMILES string of the molecule is CCCC(=O)NC[C@H]1[C@H]2CN(S(=O)(=O)c3ccccc3)C[C@]23CC[C@H]1O3. The maximum Gasteiger partial charge on any atom is 0.243 e. The van der Waals surface area contributed by atoms with Crippen molar-refractivity contribution in [3.8, 4) is 0 Å². The van der Waals surface area contributed by atoms with Crippen LogP contribution in [0, 0.1) is 11.8 Å². The third kappa shape index (κ3) is 2.86. The van der Waals surface area contributed by atoms with Crippen LogP contribution in [0.4, 0.5) is 0 Å². The average molecular weight is 378 g/mol. The molecule has 4 atom stereocenters. The fraction of sp³-hybridized carbons (Fsp3) is 0.632. The molecule has 0 aliphatic carbocycles. The third-order valence-corrected chi connectivity index (χ3v) is 7.97. The minimum Gasteiger partial charge on any atom is -0.370 e. The second-order valence-corrected chi connectivity index (χ2v) is 9.63. The van der Waals surface area contributed by atoms with Crippen molar-refractivity contribution in [1.82, 2.24) is 9.62 Å². The Balaban J connectivity index is 1.51. The van der Waals surface area contributed by atoms with Gasteiger partial charge in [-0.2, -0.15) is 4.31 Å². The Kier molecular flexibility index (Phi) is 4.57. The van der Waals surface area contributed by atoms with Crippen molar-refractivity contribution in [2.24, 2.45) is 11.8 Å². The first kappa shape index (κ1) is 17.9. The van der Waals surface area contributed by atoms with E-state index in [4.69, 9.17) is 4.74 Å². The van der Waals surface area contributed by atoms with E-state index in [9.17, 15) is 13.2 Å². The van der Waals surface area contributed by atoms with Crippen LogP contribution in [0.5, 0.6) is 0 Å². The van der Waals surface area contributed by atoms with Gasteiger partial charge in [-0.1, -0.05) is 25.1 Å². The van der Waals surface area contributed by atoms with Crippen LogP contribution < -0.4 is 5.32 Å². The fourth-order valence-electron chi connectivity index (χ4n) is 4.89. The Labute approximate surface area is 155 Å². The molecule has 3 fully saturated rings. The first-order valence-electron chi connectivity index (χ1n) is 9.46. The predicted octanol–water partition coefficient (Wildman–Crippen LogP) is 1.77. The average Bonchev–Trinajstić information content (AvgIpc) is 3.29. The molecule has 1 spiro atoms. The van der Waals surface area contributed by atoms with E-state index in [-0.39, 0.29) is 29.4 Å². The molecular weight excluding hydrogens is 352 g/mol. The van der Waals surface area contributed by atoms with Gasteiger partial charge in [-0.25, -0.2) is 8.42 Å². The number of ether oxygens (including phenoxy) is 1. The minimum atomic E-state index is -3.51. The third-order valence-electron chi connectivity index (χ3n) is 6.15. The highest BCUT2D eigenvalue weighted by atomic mass is 32.2. The molecule has 0 aromatic heterocycles. The summed E-state index contributed by atoms with van der Waals surface area (Å²) in [6, 6.07) is 8.59. The van der Waals surface area contributed by atoms with Crippen molar-refractivity contribution in [2.75, 3.05) is 19.6 Å². The number of sulfonamides is 1. The summed E-state index contributed by atoms with van der Waals surface area (Å²) in [5.41, 5.74) is -0.368. The minimum absolute atomic E-state index is 0.0658. The number of benzene rings is 1. The zero-order chi connectivity index (χ0) is 18.4. The number of nitrogens with zero attached hydrogens (tertiary/aromatic N) is 1. The van der Waals surface area contributed by atoms with Crippen LogP contribution in [-0.4, -0.2) is 50.0 Å². The lowest BCUT2D eigenvalue weighted by atomic mass is 9.73. The molecule has 0 radical (unpaired) electrons. The van der Waals surface area contributed by atoms with Crippen molar-refractivity contribution in [3.05, 3.63) is 30.3 Å². The van der Waals surface area contributed by atoms with Gasteiger partial charge in [0.1, 0.15) is 0 Å². The van der Waals surface area contributed by atoms with E-state index < -0.39 is 10.0 Å². The van der Waals surface area contributed by atoms with Crippen LogP contribution in [0.15, 0.2) is 35.2 Å². The van der Waals surface area contributed by atoms with Gasteiger partial charge in [0.25, 0.3) is 0 Å². The number of carbonyl (C=O) groups is 1. The van der Waals surface area contributed by atoms with Gasteiger partial charge in [0.2, 0.25) is 15.9 Å². The van der Waals surface area contributed by atoms with Gasteiger partial charge in [-0.3, -0.25) is 4.79 Å². The van der Waals surface area contributed by atoms with Crippen molar-refractivity contribution in [3.63, 3.8) is 0 Å². The van der Waals surface area contributed by atoms with Gasteiger partial charge >= 0.3 is 0 Å². The molecule has 3 aliphatic rings. The summed E-state index contributed by atoms with van der Waals surface area (Å²) in [6.07, 6.45) is 3.35. The van der Waals surface area contributed by atoms with Gasteiger partial charge in [0.15, 0.2) is 0 Å². The number of hydrogen-bond donors (Lipinski definition) is 1. The molecule has 3 aliphatic heterocycles.